The Labute approximate surface area is 175 Å². The van der Waals surface area contributed by atoms with Crippen LogP contribution in [0.3, 0.4) is 0 Å². The summed E-state index contributed by atoms with van der Waals surface area (Å²) in [6, 6.07) is 15.4. The Kier molecular flexibility index (Phi) is 5.86. The zero-order valence-corrected chi connectivity index (χ0v) is 16.9. The summed E-state index contributed by atoms with van der Waals surface area (Å²) in [4.78, 5) is 21.0. The number of hydrogen-bond donors (Lipinski definition) is 3. The molecule has 1 aromatic heterocycles. The molecule has 0 aliphatic heterocycles. The molecule has 0 radical (unpaired) electrons. The summed E-state index contributed by atoms with van der Waals surface area (Å²) in [5.74, 6) is 1.13. The summed E-state index contributed by atoms with van der Waals surface area (Å²) in [6.07, 6.45) is 5.70. The predicted molar refractivity (Wildman–Crippen MR) is 119 cm³/mol. The fraction of sp³-hybridized carbons (Fsp3) is 0.208. The summed E-state index contributed by atoms with van der Waals surface area (Å²) in [7, 11) is 0. The van der Waals surface area contributed by atoms with Crippen LogP contribution in [-0.2, 0) is 6.42 Å². The molecule has 0 saturated heterocycles. The third kappa shape index (κ3) is 4.72. The van der Waals surface area contributed by atoms with Crippen LogP contribution in [0.15, 0.2) is 60.3 Å². The first-order valence-electron chi connectivity index (χ1n) is 10.0. The van der Waals surface area contributed by atoms with Crippen LogP contribution in [0.25, 0.3) is 6.08 Å². The monoisotopic (exact) mass is 400 g/mol. The largest absolute Gasteiger partial charge is 0.396 e. The SMILES string of the molecule is CC1=Cc2cc(Nc3ccnc(Nc4cccc(C(=O)CCCO)c4)n3)ccc2C1. The molecule has 2 aromatic carbocycles. The summed E-state index contributed by atoms with van der Waals surface area (Å²) in [5, 5.41) is 15.4. The first-order valence-corrected chi connectivity index (χ1v) is 10.0. The molecule has 0 bridgehead atoms. The van der Waals surface area contributed by atoms with Gasteiger partial charge in [0.1, 0.15) is 5.82 Å². The van der Waals surface area contributed by atoms with Crippen molar-refractivity contribution in [3.8, 4) is 0 Å². The van der Waals surface area contributed by atoms with Gasteiger partial charge in [0, 0.05) is 36.2 Å². The van der Waals surface area contributed by atoms with E-state index < -0.39 is 0 Å². The number of aliphatic hydroxyl groups excluding tert-OH is 1. The van der Waals surface area contributed by atoms with Crippen LogP contribution in [0.2, 0.25) is 0 Å². The van der Waals surface area contributed by atoms with Crippen molar-refractivity contribution in [2.75, 3.05) is 17.2 Å². The molecule has 6 heteroatoms. The molecular formula is C24H24N4O2. The lowest BCUT2D eigenvalue weighted by molar-refractivity contribution is 0.0971. The molecule has 1 aliphatic rings. The first-order chi connectivity index (χ1) is 14.6. The number of fused-ring (bicyclic) bond motifs is 1. The third-order valence-electron chi connectivity index (χ3n) is 4.95. The molecule has 0 saturated carbocycles. The van der Waals surface area contributed by atoms with Crippen molar-refractivity contribution in [2.45, 2.75) is 26.2 Å². The van der Waals surface area contributed by atoms with Crippen molar-refractivity contribution in [3.05, 3.63) is 77.0 Å². The number of benzene rings is 2. The number of carbonyl (C=O) groups is 1. The second kappa shape index (κ2) is 8.88. The van der Waals surface area contributed by atoms with Gasteiger partial charge < -0.3 is 15.7 Å². The summed E-state index contributed by atoms with van der Waals surface area (Å²) < 4.78 is 0. The van der Waals surface area contributed by atoms with E-state index in [2.05, 4.69) is 51.8 Å². The number of aliphatic hydroxyl groups is 1. The Morgan fingerprint density at radius 1 is 1.10 bits per heavy atom. The smallest absolute Gasteiger partial charge is 0.229 e. The number of hydrogen-bond acceptors (Lipinski definition) is 6. The van der Waals surface area contributed by atoms with Gasteiger partial charge in [0.25, 0.3) is 0 Å². The molecule has 4 rings (SSSR count). The molecule has 1 aliphatic carbocycles. The van der Waals surface area contributed by atoms with E-state index in [1.807, 2.05) is 18.2 Å². The van der Waals surface area contributed by atoms with Crippen LogP contribution in [-0.4, -0.2) is 27.5 Å². The molecule has 0 amide bonds. The molecule has 0 atom stereocenters. The zero-order valence-electron chi connectivity index (χ0n) is 16.9. The topological polar surface area (TPSA) is 87.1 Å². The van der Waals surface area contributed by atoms with Gasteiger partial charge in [-0.15, -0.1) is 0 Å². The normalized spacial score (nSPS) is 12.3. The van der Waals surface area contributed by atoms with Crippen LogP contribution in [0.4, 0.5) is 23.1 Å². The fourth-order valence-electron chi connectivity index (χ4n) is 3.50. The van der Waals surface area contributed by atoms with E-state index in [9.17, 15) is 4.79 Å². The number of aromatic nitrogens is 2. The van der Waals surface area contributed by atoms with E-state index in [1.165, 1.54) is 16.7 Å². The van der Waals surface area contributed by atoms with Gasteiger partial charge in [0.05, 0.1) is 0 Å². The number of nitrogens with one attached hydrogen (secondary N) is 2. The number of anilines is 4. The predicted octanol–water partition coefficient (Wildman–Crippen LogP) is 4.88. The van der Waals surface area contributed by atoms with Gasteiger partial charge in [0.2, 0.25) is 5.95 Å². The van der Waals surface area contributed by atoms with E-state index in [-0.39, 0.29) is 12.4 Å². The molecule has 0 fully saturated rings. The Morgan fingerprint density at radius 2 is 1.97 bits per heavy atom. The average molecular weight is 400 g/mol. The molecule has 152 valence electrons. The summed E-state index contributed by atoms with van der Waals surface area (Å²) >= 11 is 0. The average Bonchev–Trinajstić information content (AvgIpc) is 3.12. The lowest BCUT2D eigenvalue weighted by Crippen LogP contribution is -2.03. The number of Topliss-reactive ketones (excluding diaryl/α,β-unsaturated/α-hetero) is 1. The second-order valence-corrected chi connectivity index (χ2v) is 7.43. The van der Waals surface area contributed by atoms with E-state index in [0.29, 0.717) is 30.2 Å². The Hall–Kier alpha value is -3.51. The molecule has 30 heavy (non-hydrogen) atoms. The minimum absolute atomic E-state index is 0.00457. The molecule has 3 aromatic rings. The third-order valence-corrected chi connectivity index (χ3v) is 4.95. The van der Waals surface area contributed by atoms with Gasteiger partial charge in [-0.3, -0.25) is 4.79 Å². The Bertz CT molecular complexity index is 1110. The van der Waals surface area contributed by atoms with Gasteiger partial charge in [-0.05, 0) is 61.2 Å². The van der Waals surface area contributed by atoms with Gasteiger partial charge in [-0.2, -0.15) is 4.98 Å². The van der Waals surface area contributed by atoms with Crippen molar-refractivity contribution < 1.29 is 9.90 Å². The second-order valence-electron chi connectivity index (χ2n) is 7.43. The summed E-state index contributed by atoms with van der Waals surface area (Å²) in [5.41, 5.74) is 6.27. The van der Waals surface area contributed by atoms with E-state index in [1.54, 1.807) is 18.3 Å². The highest BCUT2D eigenvalue weighted by Crippen LogP contribution is 2.28. The van der Waals surface area contributed by atoms with Gasteiger partial charge in [-0.1, -0.05) is 29.8 Å². The van der Waals surface area contributed by atoms with Gasteiger partial charge >= 0.3 is 0 Å². The first kappa shape index (κ1) is 19.8. The van der Waals surface area contributed by atoms with Crippen molar-refractivity contribution in [1.82, 2.24) is 9.97 Å². The molecule has 3 N–H and O–H groups in total. The highest BCUT2D eigenvalue weighted by atomic mass is 16.3. The van der Waals surface area contributed by atoms with E-state index in [0.717, 1.165) is 17.8 Å². The summed E-state index contributed by atoms with van der Waals surface area (Å²) in [6.45, 7) is 2.15. The minimum Gasteiger partial charge on any atom is -0.396 e. The highest BCUT2D eigenvalue weighted by Gasteiger charge is 2.11. The van der Waals surface area contributed by atoms with Crippen molar-refractivity contribution in [3.63, 3.8) is 0 Å². The van der Waals surface area contributed by atoms with Crippen LogP contribution < -0.4 is 10.6 Å². The fourth-order valence-corrected chi connectivity index (χ4v) is 3.50. The highest BCUT2D eigenvalue weighted by molar-refractivity contribution is 5.97. The number of nitrogens with zero attached hydrogens (tertiary/aromatic N) is 2. The standard InChI is InChI=1S/C24H24N4O2/c1-16-12-17-7-8-21(15-19(17)13-16)26-23-9-10-25-24(28-23)27-20-5-2-4-18(14-20)22(30)6-3-11-29/h2,4-5,7-10,13-15,29H,3,6,11-12H2,1H3,(H2,25,26,27,28). The molecular weight excluding hydrogens is 376 g/mol. The molecule has 0 unspecified atom stereocenters. The quantitative estimate of drug-likeness (QED) is 0.467. The van der Waals surface area contributed by atoms with Crippen LogP contribution >= 0.6 is 0 Å². The molecule has 0 spiro atoms. The van der Waals surface area contributed by atoms with E-state index >= 15 is 0 Å². The lowest BCUT2D eigenvalue weighted by atomic mass is 10.1. The Balaban J connectivity index is 1.47. The van der Waals surface area contributed by atoms with Crippen molar-refractivity contribution >= 4 is 35.0 Å². The van der Waals surface area contributed by atoms with Crippen LogP contribution in [0.1, 0.15) is 41.3 Å². The maximum Gasteiger partial charge on any atom is 0.229 e. The van der Waals surface area contributed by atoms with Gasteiger partial charge in [0.15, 0.2) is 5.78 Å². The number of rotatable bonds is 8. The maximum absolute atomic E-state index is 12.2. The number of carbonyl (C=O) groups excluding carboxylic acids is 1. The van der Waals surface area contributed by atoms with Crippen molar-refractivity contribution in [1.29, 1.82) is 0 Å². The lowest BCUT2D eigenvalue weighted by Gasteiger charge is -2.10. The molecule has 6 nitrogen and oxygen atoms in total. The number of ketones is 1. The van der Waals surface area contributed by atoms with Crippen LogP contribution in [0.5, 0.6) is 0 Å². The van der Waals surface area contributed by atoms with Crippen LogP contribution in [0, 0.1) is 0 Å². The van der Waals surface area contributed by atoms with Gasteiger partial charge in [-0.25, -0.2) is 4.98 Å². The number of allylic oxidation sites excluding steroid dienone is 1. The van der Waals surface area contributed by atoms with E-state index in [4.69, 9.17) is 5.11 Å². The molecule has 1 heterocycles. The minimum atomic E-state index is 0.00457. The zero-order chi connectivity index (χ0) is 20.9. The van der Waals surface area contributed by atoms with Crippen molar-refractivity contribution in [2.24, 2.45) is 0 Å². The maximum atomic E-state index is 12.2. The Morgan fingerprint density at radius 3 is 2.83 bits per heavy atom.